The van der Waals surface area contributed by atoms with Gasteiger partial charge in [-0.05, 0) is 54.5 Å². The zero-order valence-electron chi connectivity index (χ0n) is 23.9. The topological polar surface area (TPSA) is 158 Å². The number of hydrogen-bond donors (Lipinski definition) is 0. The molecule has 12 nitrogen and oxygen atoms in total. The van der Waals surface area contributed by atoms with E-state index < -0.39 is 30.4 Å². The van der Waals surface area contributed by atoms with E-state index in [1.807, 2.05) is 0 Å². The second-order valence-corrected chi connectivity index (χ2v) is 14.3. The first-order chi connectivity index (χ1) is 19.9. The predicted octanol–water partition coefficient (Wildman–Crippen LogP) is 4.57. The van der Waals surface area contributed by atoms with Gasteiger partial charge in [0.25, 0.3) is 0 Å². The maximum Gasteiger partial charge on any atom is 0.306 e. The molecule has 0 radical (unpaired) electrons. The van der Waals surface area contributed by atoms with Gasteiger partial charge in [-0.2, -0.15) is 25.3 Å². The Morgan fingerprint density at radius 2 is 1.28 bits per heavy atom. The fraction of sp³-hybridized carbons (Fsp3) is 0.259. The number of benzene rings is 3. The van der Waals surface area contributed by atoms with Crippen molar-refractivity contribution in [2.24, 2.45) is 0 Å². The molecular weight excluding hydrogens is 648 g/mol. The van der Waals surface area contributed by atoms with E-state index in [1.165, 1.54) is 56.7 Å². The highest BCUT2D eigenvalue weighted by Crippen LogP contribution is 2.51. The van der Waals surface area contributed by atoms with E-state index >= 15 is 0 Å². The molecule has 0 amide bonds. The smallest absolute Gasteiger partial charge is 0.306 e. The number of hydrogen-bond acceptors (Lipinski definition) is 12. The average molecular weight is 677 g/mol. The zero-order valence-corrected chi connectivity index (χ0v) is 27.1. The minimum Gasteiger partial charge on any atom is -0.496 e. The fourth-order valence-electron chi connectivity index (χ4n) is 3.82. The van der Waals surface area contributed by atoms with Crippen molar-refractivity contribution >= 4 is 42.0 Å². The molecule has 3 aromatic carbocycles. The van der Waals surface area contributed by atoms with Crippen molar-refractivity contribution in [3.05, 3.63) is 59.6 Å². The van der Waals surface area contributed by atoms with Gasteiger partial charge in [0.1, 0.15) is 18.1 Å². The number of halogens is 1. The van der Waals surface area contributed by atoms with Crippen LogP contribution in [0.3, 0.4) is 0 Å². The van der Waals surface area contributed by atoms with Crippen molar-refractivity contribution in [1.82, 2.24) is 0 Å². The molecule has 0 aliphatic rings. The molecule has 0 saturated heterocycles. The van der Waals surface area contributed by atoms with Crippen LogP contribution < -0.4 is 26.8 Å². The van der Waals surface area contributed by atoms with Crippen molar-refractivity contribution in [3.63, 3.8) is 0 Å². The van der Waals surface area contributed by atoms with E-state index in [9.17, 15) is 25.3 Å². The molecule has 0 heterocycles. The van der Waals surface area contributed by atoms with Gasteiger partial charge < -0.3 is 26.8 Å². The van der Waals surface area contributed by atoms with Gasteiger partial charge >= 0.3 is 30.4 Å². The van der Waals surface area contributed by atoms with Gasteiger partial charge in [-0.15, -0.1) is 0 Å². The minimum atomic E-state index is -4.15. The lowest BCUT2D eigenvalue weighted by Crippen LogP contribution is -2.10. The lowest BCUT2D eigenvalue weighted by molar-refractivity contribution is 0.347. The Hall–Kier alpha value is -3.66. The first-order valence-electron chi connectivity index (χ1n) is 12.1. The molecule has 0 aliphatic heterocycles. The summed E-state index contributed by atoms with van der Waals surface area (Å²) in [4.78, 5) is 0. The third-order valence-electron chi connectivity index (χ3n) is 5.35. The Labute approximate surface area is 256 Å². The molecule has 0 atom stereocenters. The summed E-state index contributed by atoms with van der Waals surface area (Å²) in [5.41, 5.74) is 1.11. The minimum absolute atomic E-state index is 0.0110. The molecule has 0 aliphatic carbocycles. The highest BCUT2D eigenvalue weighted by Gasteiger charge is 2.27. The monoisotopic (exact) mass is 676 g/mol. The summed E-state index contributed by atoms with van der Waals surface area (Å²) in [6, 6.07) is 11.7. The summed E-state index contributed by atoms with van der Waals surface area (Å²) < 4.78 is 104. The van der Waals surface area contributed by atoms with Crippen LogP contribution in [0.2, 0.25) is 0 Å². The van der Waals surface area contributed by atoms with Gasteiger partial charge in [-0.1, -0.05) is 29.8 Å². The molecule has 0 spiro atoms. The Kier molecular flexibility index (Phi) is 10.5. The van der Waals surface area contributed by atoms with Crippen LogP contribution in [0.1, 0.15) is 6.92 Å². The predicted molar refractivity (Wildman–Crippen MR) is 162 cm³/mol. The van der Waals surface area contributed by atoms with Gasteiger partial charge in [-0.3, -0.25) is 0 Å². The third kappa shape index (κ3) is 9.68. The first-order valence-corrected chi connectivity index (χ1v) is 17.9. The van der Waals surface area contributed by atoms with Crippen LogP contribution in [0.25, 0.3) is 22.3 Å². The maximum atomic E-state index is 12.4. The molecule has 0 aromatic heterocycles. The van der Waals surface area contributed by atoms with Crippen molar-refractivity contribution in [2.45, 2.75) is 6.92 Å². The lowest BCUT2D eigenvalue weighted by Gasteiger charge is -2.21. The average Bonchev–Trinajstić information content (AvgIpc) is 2.86. The molecular formula is C27H29ClO12S3. The van der Waals surface area contributed by atoms with E-state index in [1.54, 1.807) is 19.1 Å². The van der Waals surface area contributed by atoms with Crippen LogP contribution in [0.15, 0.2) is 59.6 Å². The van der Waals surface area contributed by atoms with E-state index in [4.69, 9.17) is 38.4 Å². The lowest BCUT2D eigenvalue weighted by atomic mass is 9.96. The Bertz CT molecular complexity index is 1850. The number of methoxy groups -OCH3 is 2. The Morgan fingerprint density at radius 3 is 1.79 bits per heavy atom. The summed E-state index contributed by atoms with van der Waals surface area (Å²) in [6.07, 6.45) is 4.17. The first kappa shape index (κ1) is 33.8. The summed E-state index contributed by atoms with van der Waals surface area (Å²) >= 11 is 5.85. The summed E-state index contributed by atoms with van der Waals surface area (Å²) in [6.45, 7) is 1.66. The number of ether oxygens (including phenoxy) is 3. The molecule has 0 N–H and O–H groups in total. The molecule has 16 heteroatoms. The van der Waals surface area contributed by atoms with E-state index in [-0.39, 0.29) is 52.2 Å². The van der Waals surface area contributed by atoms with Crippen LogP contribution in [-0.4, -0.2) is 64.8 Å². The zero-order chi connectivity index (χ0) is 32.2. The van der Waals surface area contributed by atoms with Gasteiger partial charge in [0.05, 0.1) is 38.6 Å². The van der Waals surface area contributed by atoms with Crippen LogP contribution in [0.5, 0.6) is 34.5 Å². The fourth-order valence-corrected chi connectivity index (χ4v) is 5.26. The molecule has 43 heavy (non-hydrogen) atoms. The van der Waals surface area contributed by atoms with E-state index in [0.717, 1.165) is 18.8 Å². The van der Waals surface area contributed by atoms with Crippen LogP contribution in [0.4, 0.5) is 0 Å². The van der Waals surface area contributed by atoms with Crippen LogP contribution in [-0.2, 0) is 30.4 Å². The van der Waals surface area contributed by atoms with E-state index in [0.29, 0.717) is 16.2 Å². The van der Waals surface area contributed by atoms with Crippen molar-refractivity contribution in [3.8, 4) is 56.8 Å². The highest BCUT2D eigenvalue weighted by atomic mass is 35.5. The van der Waals surface area contributed by atoms with Gasteiger partial charge in [0.2, 0.25) is 0 Å². The molecule has 0 saturated carbocycles. The molecule has 234 valence electrons. The molecule has 0 unspecified atom stereocenters. The standard InChI is InChI=1S/C27H29ClO12S3/c1-17(28)13-14-37-22-12-9-19(15-23(22)39-42(5,31)32)25-24(35-2)16-21(26(36-3)27(25)40-43(6,33)34)18-7-10-20(11-8-18)38-41(4,29)30/h7-13,15-16H,14H2,1-6H3/b17-13-. The second kappa shape index (κ2) is 13.3. The molecule has 3 rings (SSSR count). The molecule has 0 bridgehead atoms. The SMILES string of the molecule is COc1cc(-c2ccc(OS(C)(=O)=O)cc2)c(OC)c(OS(C)(=O)=O)c1-c1ccc(OC/C=C(/C)Cl)c(OS(C)(=O)=O)c1. The van der Waals surface area contributed by atoms with Gasteiger partial charge in [-0.25, -0.2) is 0 Å². The second-order valence-electron chi connectivity index (χ2n) is 9.01. The van der Waals surface area contributed by atoms with Crippen LogP contribution in [0, 0.1) is 0 Å². The Morgan fingerprint density at radius 1 is 0.698 bits per heavy atom. The molecule has 0 fully saturated rings. The quantitative estimate of drug-likeness (QED) is 0.233. The van der Waals surface area contributed by atoms with Crippen molar-refractivity contribution in [2.75, 3.05) is 39.6 Å². The highest BCUT2D eigenvalue weighted by molar-refractivity contribution is 7.86. The Balaban J connectivity index is 2.30. The van der Waals surface area contributed by atoms with Gasteiger partial charge in [0, 0.05) is 10.6 Å². The van der Waals surface area contributed by atoms with Crippen LogP contribution >= 0.6 is 11.6 Å². The third-order valence-corrected chi connectivity index (χ3v) is 6.95. The van der Waals surface area contributed by atoms with Crippen molar-refractivity contribution < 1.29 is 52.0 Å². The number of rotatable bonds is 13. The maximum absolute atomic E-state index is 12.4. The van der Waals surface area contributed by atoms with E-state index in [2.05, 4.69) is 0 Å². The summed E-state index contributed by atoms with van der Waals surface area (Å²) in [5.74, 6) is -0.253. The number of allylic oxidation sites excluding steroid dienone is 1. The summed E-state index contributed by atoms with van der Waals surface area (Å²) in [5, 5.41) is 0.458. The normalized spacial score (nSPS) is 12.4. The summed E-state index contributed by atoms with van der Waals surface area (Å²) in [7, 11) is -9.29. The van der Waals surface area contributed by atoms with Crippen molar-refractivity contribution in [1.29, 1.82) is 0 Å². The molecule has 3 aromatic rings. The largest absolute Gasteiger partial charge is 0.496 e. The van der Waals surface area contributed by atoms with Gasteiger partial charge in [0.15, 0.2) is 23.0 Å².